The molecule has 2 aromatic heterocycles. The van der Waals surface area contributed by atoms with E-state index in [2.05, 4.69) is 16.4 Å². The highest BCUT2D eigenvalue weighted by molar-refractivity contribution is 5.95. The number of rotatable bonds is 2. The molecule has 0 bridgehead atoms. The van der Waals surface area contributed by atoms with E-state index in [4.69, 9.17) is 0 Å². The first-order valence-electron chi connectivity index (χ1n) is 8.92. The number of fused-ring (bicyclic) bond motifs is 1. The number of amides is 1. The Morgan fingerprint density at radius 1 is 1.17 bits per heavy atom. The Hall–Kier alpha value is -2.11. The quantitative estimate of drug-likeness (QED) is 0.850. The first-order chi connectivity index (χ1) is 11.6. The molecule has 0 radical (unpaired) electrons. The number of carbonyl (C=O) groups is 1. The van der Waals surface area contributed by atoms with Crippen LogP contribution < -0.4 is 0 Å². The van der Waals surface area contributed by atoms with E-state index in [1.807, 2.05) is 35.3 Å². The van der Waals surface area contributed by atoms with Crippen LogP contribution in [-0.2, 0) is 26.9 Å². The van der Waals surface area contributed by atoms with Gasteiger partial charge in [-0.15, -0.1) is 0 Å². The Kier molecular flexibility index (Phi) is 3.70. The van der Waals surface area contributed by atoms with Crippen LogP contribution in [0.5, 0.6) is 0 Å². The van der Waals surface area contributed by atoms with Crippen LogP contribution in [0, 0.1) is 6.92 Å². The van der Waals surface area contributed by atoms with Gasteiger partial charge in [0.2, 0.25) is 0 Å². The molecule has 2 aromatic rings. The number of carbonyl (C=O) groups excluding carboxylic acids is 1. The van der Waals surface area contributed by atoms with Crippen LogP contribution in [0.1, 0.15) is 64.7 Å². The van der Waals surface area contributed by atoms with E-state index in [-0.39, 0.29) is 11.9 Å². The zero-order chi connectivity index (χ0) is 16.8. The lowest BCUT2D eigenvalue weighted by atomic mass is 9.95. The standard InChI is InChI=1S/C18H25N5O/c1-12-14(11-21(2)19-12)16-9-6-10-23(16)18(24)17-13-7-4-5-8-15(13)20-22(17)3/h11,16H,4-10H2,1-3H3. The maximum atomic E-state index is 13.3. The molecule has 0 saturated carbocycles. The molecule has 3 heterocycles. The SMILES string of the molecule is Cc1nn(C)cc1C1CCCN1C(=O)c1c2c(nn1C)CCCC2. The smallest absolute Gasteiger partial charge is 0.272 e. The molecule has 6 heteroatoms. The maximum absolute atomic E-state index is 13.3. The van der Waals surface area contributed by atoms with Crippen molar-refractivity contribution in [1.29, 1.82) is 0 Å². The van der Waals surface area contributed by atoms with Gasteiger partial charge in [-0.05, 0) is 45.4 Å². The van der Waals surface area contributed by atoms with E-state index in [9.17, 15) is 4.79 Å². The third kappa shape index (κ3) is 2.36. The van der Waals surface area contributed by atoms with Crippen molar-refractivity contribution >= 4 is 5.91 Å². The van der Waals surface area contributed by atoms with Gasteiger partial charge in [0.15, 0.2) is 0 Å². The van der Waals surface area contributed by atoms with Gasteiger partial charge in [-0.1, -0.05) is 0 Å². The van der Waals surface area contributed by atoms with Crippen LogP contribution in [0.3, 0.4) is 0 Å². The van der Waals surface area contributed by atoms with Gasteiger partial charge in [0.1, 0.15) is 5.69 Å². The molecule has 0 N–H and O–H groups in total. The van der Waals surface area contributed by atoms with Gasteiger partial charge in [0.05, 0.1) is 17.4 Å². The van der Waals surface area contributed by atoms with Crippen LogP contribution >= 0.6 is 0 Å². The van der Waals surface area contributed by atoms with Crippen molar-refractivity contribution in [1.82, 2.24) is 24.5 Å². The number of aryl methyl sites for hydroxylation is 4. The molecule has 0 aromatic carbocycles. The summed E-state index contributed by atoms with van der Waals surface area (Å²) in [6.07, 6.45) is 8.44. The van der Waals surface area contributed by atoms with E-state index in [0.717, 1.165) is 55.7 Å². The van der Waals surface area contributed by atoms with E-state index < -0.39 is 0 Å². The molecule has 1 atom stereocenters. The summed E-state index contributed by atoms with van der Waals surface area (Å²) in [6, 6.07) is 0.139. The second-order valence-electron chi connectivity index (χ2n) is 7.10. The van der Waals surface area contributed by atoms with Gasteiger partial charge in [-0.25, -0.2) is 0 Å². The third-order valence-electron chi connectivity index (χ3n) is 5.45. The summed E-state index contributed by atoms with van der Waals surface area (Å²) in [5.74, 6) is 0.138. The molecule has 1 aliphatic carbocycles. The molecule has 1 unspecified atom stereocenters. The maximum Gasteiger partial charge on any atom is 0.272 e. The van der Waals surface area contributed by atoms with Crippen molar-refractivity contribution in [2.24, 2.45) is 14.1 Å². The monoisotopic (exact) mass is 327 g/mol. The first-order valence-corrected chi connectivity index (χ1v) is 8.92. The van der Waals surface area contributed by atoms with Crippen LogP contribution in [-0.4, -0.2) is 36.9 Å². The topological polar surface area (TPSA) is 56.0 Å². The van der Waals surface area contributed by atoms with Crippen molar-refractivity contribution in [3.63, 3.8) is 0 Å². The molecular formula is C18H25N5O. The highest BCUT2D eigenvalue weighted by Crippen LogP contribution is 2.35. The fraction of sp³-hybridized carbons (Fsp3) is 0.611. The summed E-state index contributed by atoms with van der Waals surface area (Å²) >= 11 is 0. The molecular weight excluding hydrogens is 302 g/mol. The van der Waals surface area contributed by atoms with Crippen LogP contribution in [0.25, 0.3) is 0 Å². The lowest BCUT2D eigenvalue weighted by molar-refractivity contribution is 0.0723. The molecule has 4 rings (SSSR count). The third-order valence-corrected chi connectivity index (χ3v) is 5.45. The molecule has 24 heavy (non-hydrogen) atoms. The second-order valence-corrected chi connectivity index (χ2v) is 7.10. The molecule has 0 spiro atoms. The predicted molar refractivity (Wildman–Crippen MR) is 90.8 cm³/mol. The van der Waals surface area contributed by atoms with Crippen LogP contribution in [0.15, 0.2) is 6.20 Å². The van der Waals surface area contributed by atoms with Gasteiger partial charge in [0, 0.05) is 38.0 Å². The first kappa shape index (κ1) is 15.4. The Bertz CT molecular complexity index is 788. The highest BCUT2D eigenvalue weighted by atomic mass is 16.2. The summed E-state index contributed by atoms with van der Waals surface area (Å²) in [4.78, 5) is 15.4. The van der Waals surface area contributed by atoms with Gasteiger partial charge in [-0.2, -0.15) is 10.2 Å². The van der Waals surface area contributed by atoms with E-state index >= 15 is 0 Å². The van der Waals surface area contributed by atoms with Gasteiger partial charge < -0.3 is 4.90 Å². The summed E-state index contributed by atoms with van der Waals surface area (Å²) in [6.45, 7) is 2.85. The summed E-state index contributed by atoms with van der Waals surface area (Å²) in [7, 11) is 3.85. The van der Waals surface area contributed by atoms with Crippen molar-refractivity contribution in [2.75, 3.05) is 6.54 Å². The Morgan fingerprint density at radius 2 is 1.96 bits per heavy atom. The van der Waals surface area contributed by atoms with Gasteiger partial charge >= 0.3 is 0 Å². The lowest BCUT2D eigenvalue weighted by Crippen LogP contribution is -2.33. The predicted octanol–water partition coefficient (Wildman–Crippen LogP) is 2.32. The van der Waals surface area contributed by atoms with E-state index in [0.29, 0.717) is 0 Å². The number of likely N-dealkylation sites (tertiary alicyclic amines) is 1. The molecule has 2 aliphatic rings. The van der Waals surface area contributed by atoms with Crippen LogP contribution in [0.2, 0.25) is 0 Å². The minimum absolute atomic E-state index is 0.138. The zero-order valence-electron chi connectivity index (χ0n) is 14.7. The lowest BCUT2D eigenvalue weighted by Gasteiger charge is -2.25. The van der Waals surface area contributed by atoms with Gasteiger partial charge in [0.25, 0.3) is 5.91 Å². The number of hydrogen-bond acceptors (Lipinski definition) is 3. The largest absolute Gasteiger partial charge is 0.330 e. The van der Waals surface area contributed by atoms with Crippen molar-refractivity contribution < 1.29 is 4.79 Å². The average Bonchev–Trinajstić information content (AvgIpc) is 3.22. The fourth-order valence-electron chi connectivity index (χ4n) is 4.36. The van der Waals surface area contributed by atoms with Crippen LogP contribution in [0.4, 0.5) is 0 Å². The van der Waals surface area contributed by atoms with E-state index in [1.54, 1.807) is 0 Å². The Labute approximate surface area is 142 Å². The summed E-state index contributed by atoms with van der Waals surface area (Å²) < 4.78 is 3.65. The number of aromatic nitrogens is 4. The Morgan fingerprint density at radius 3 is 2.71 bits per heavy atom. The minimum Gasteiger partial charge on any atom is -0.330 e. The number of hydrogen-bond donors (Lipinski definition) is 0. The average molecular weight is 327 g/mol. The second kappa shape index (κ2) is 5.76. The fourth-order valence-corrected chi connectivity index (χ4v) is 4.36. The minimum atomic E-state index is 0.138. The number of nitrogens with zero attached hydrogens (tertiary/aromatic N) is 5. The Balaban J connectivity index is 1.69. The highest BCUT2D eigenvalue weighted by Gasteiger charge is 2.35. The molecule has 6 nitrogen and oxygen atoms in total. The summed E-state index contributed by atoms with van der Waals surface area (Å²) in [5.41, 5.74) is 5.31. The summed E-state index contributed by atoms with van der Waals surface area (Å²) in [5, 5.41) is 9.08. The normalized spacial score (nSPS) is 20.5. The van der Waals surface area contributed by atoms with Gasteiger partial charge in [-0.3, -0.25) is 14.2 Å². The molecule has 1 saturated heterocycles. The molecule has 1 aliphatic heterocycles. The van der Waals surface area contributed by atoms with Crippen molar-refractivity contribution in [3.05, 3.63) is 34.4 Å². The van der Waals surface area contributed by atoms with E-state index in [1.165, 1.54) is 17.5 Å². The molecule has 128 valence electrons. The molecule has 1 fully saturated rings. The zero-order valence-corrected chi connectivity index (χ0v) is 14.7. The van der Waals surface area contributed by atoms with Crippen molar-refractivity contribution in [3.8, 4) is 0 Å². The van der Waals surface area contributed by atoms with Crippen molar-refractivity contribution in [2.45, 2.75) is 51.5 Å². The molecule has 1 amide bonds.